The van der Waals surface area contributed by atoms with Crippen LogP contribution in [0.3, 0.4) is 0 Å². The Labute approximate surface area is 175 Å². The summed E-state index contributed by atoms with van der Waals surface area (Å²) >= 11 is 6.52. The highest BCUT2D eigenvalue weighted by atomic mass is 35.5. The topological polar surface area (TPSA) is 77.5 Å². The SMILES string of the molecule is COC(=O)C1CC(=O)N(OC)C12CCN(Cc1ccc(OC)c(OC)c1Cl)CC2. The molecule has 29 heavy (non-hydrogen) atoms. The molecule has 3 rings (SSSR count). The van der Waals surface area contributed by atoms with Crippen molar-refractivity contribution in [3.63, 3.8) is 0 Å². The molecule has 2 fully saturated rings. The molecule has 0 aromatic heterocycles. The van der Waals surface area contributed by atoms with Crippen LogP contribution in [0, 0.1) is 5.92 Å². The second-order valence-electron chi connectivity index (χ2n) is 7.30. The van der Waals surface area contributed by atoms with Crippen molar-refractivity contribution in [2.24, 2.45) is 5.92 Å². The third-order valence-corrected chi connectivity index (χ3v) is 6.42. The summed E-state index contributed by atoms with van der Waals surface area (Å²) in [5.41, 5.74) is 0.257. The van der Waals surface area contributed by atoms with E-state index in [9.17, 15) is 9.59 Å². The summed E-state index contributed by atoms with van der Waals surface area (Å²) < 4.78 is 15.6. The molecule has 2 saturated heterocycles. The molecule has 0 aliphatic carbocycles. The molecular weight excluding hydrogens is 400 g/mol. The van der Waals surface area contributed by atoms with Crippen LogP contribution in [-0.2, 0) is 25.7 Å². The number of hydroxylamine groups is 2. The summed E-state index contributed by atoms with van der Waals surface area (Å²) in [5, 5.41) is 1.91. The number of nitrogens with zero attached hydrogens (tertiary/aromatic N) is 2. The van der Waals surface area contributed by atoms with Crippen LogP contribution in [0.15, 0.2) is 12.1 Å². The van der Waals surface area contributed by atoms with Crippen LogP contribution in [0.1, 0.15) is 24.8 Å². The van der Waals surface area contributed by atoms with E-state index in [4.69, 9.17) is 30.6 Å². The molecule has 2 aliphatic heterocycles. The monoisotopic (exact) mass is 426 g/mol. The Morgan fingerprint density at radius 3 is 2.41 bits per heavy atom. The Bertz CT molecular complexity index is 776. The van der Waals surface area contributed by atoms with Gasteiger partial charge in [-0.15, -0.1) is 0 Å². The van der Waals surface area contributed by atoms with Crippen LogP contribution in [0.4, 0.5) is 0 Å². The second-order valence-corrected chi connectivity index (χ2v) is 7.68. The highest BCUT2D eigenvalue weighted by Gasteiger charge is 2.58. The van der Waals surface area contributed by atoms with Crippen molar-refractivity contribution in [1.29, 1.82) is 0 Å². The summed E-state index contributed by atoms with van der Waals surface area (Å²) in [6.45, 7) is 2.00. The van der Waals surface area contributed by atoms with Gasteiger partial charge in [0.15, 0.2) is 11.5 Å². The summed E-state index contributed by atoms with van der Waals surface area (Å²) in [7, 11) is 5.95. The highest BCUT2D eigenvalue weighted by molar-refractivity contribution is 6.33. The number of likely N-dealkylation sites (tertiary alicyclic amines) is 1. The normalized spacial score (nSPS) is 21.5. The van der Waals surface area contributed by atoms with E-state index in [0.29, 0.717) is 49.0 Å². The molecule has 0 radical (unpaired) electrons. The van der Waals surface area contributed by atoms with E-state index in [1.54, 1.807) is 14.2 Å². The van der Waals surface area contributed by atoms with E-state index >= 15 is 0 Å². The Morgan fingerprint density at radius 1 is 1.17 bits per heavy atom. The molecule has 0 saturated carbocycles. The van der Waals surface area contributed by atoms with Gasteiger partial charge in [0.05, 0.1) is 44.9 Å². The largest absolute Gasteiger partial charge is 0.493 e. The standard InChI is InChI=1S/C20H27ClN2O6/c1-26-15-6-5-13(17(21)18(15)27-2)12-22-9-7-20(8-10-22)14(19(25)28-3)11-16(24)23(20)29-4/h5-6,14H,7-12H2,1-4H3. The quantitative estimate of drug-likeness (QED) is 0.646. The zero-order valence-corrected chi connectivity index (χ0v) is 18.0. The third kappa shape index (κ3) is 3.76. The lowest BCUT2D eigenvalue weighted by Crippen LogP contribution is -2.57. The van der Waals surface area contributed by atoms with Crippen molar-refractivity contribution in [2.75, 3.05) is 41.5 Å². The van der Waals surface area contributed by atoms with Gasteiger partial charge in [0.1, 0.15) is 0 Å². The molecule has 160 valence electrons. The van der Waals surface area contributed by atoms with Gasteiger partial charge in [-0.05, 0) is 24.5 Å². The van der Waals surface area contributed by atoms with Gasteiger partial charge in [-0.3, -0.25) is 19.3 Å². The number of amides is 1. The smallest absolute Gasteiger partial charge is 0.311 e. The van der Waals surface area contributed by atoms with Crippen LogP contribution < -0.4 is 9.47 Å². The number of hydrogen-bond acceptors (Lipinski definition) is 7. The maximum absolute atomic E-state index is 12.4. The van der Waals surface area contributed by atoms with Gasteiger partial charge in [-0.25, -0.2) is 5.06 Å². The molecule has 1 spiro atoms. The lowest BCUT2D eigenvalue weighted by Gasteiger charge is -2.45. The lowest BCUT2D eigenvalue weighted by atomic mass is 9.77. The number of esters is 1. The molecule has 0 bridgehead atoms. The fourth-order valence-corrected chi connectivity index (χ4v) is 4.80. The van der Waals surface area contributed by atoms with Gasteiger partial charge in [-0.1, -0.05) is 17.7 Å². The zero-order chi connectivity index (χ0) is 21.2. The predicted octanol–water partition coefficient (Wildman–Crippen LogP) is 2.27. The van der Waals surface area contributed by atoms with Crippen molar-refractivity contribution in [3.05, 3.63) is 22.7 Å². The minimum Gasteiger partial charge on any atom is -0.493 e. The maximum Gasteiger partial charge on any atom is 0.311 e. The van der Waals surface area contributed by atoms with E-state index in [-0.39, 0.29) is 18.3 Å². The lowest BCUT2D eigenvalue weighted by molar-refractivity contribution is -0.210. The summed E-state index contributed by atoms with van der Waals surface area (Å²) in [4.78, 5) is 32.3. The van der Waals surface area contributed by atoms with E-state index in [2.05, 4.69) is 4.90 Å². The minimum atomic E-state index is -0.670. The fraction of sp³-hybridized carbons (Fsp3) is 0.600. The number of halogens is 1. The van der Waals surface area contributed by atoms with E-state index in [1.807, 2.05) is 12.1 Å². The molecule has 1 unspecified atom stereocenters. The Balaban J connectivity index is 1.76. The molecule has 2 aliphatic rings. The summed E-state index contributed by atoms with van der Waals surface area (Å²) in [6.07, 6.45) is 1.33. The number of piperidine rings is 1. The minimum absolute atomic E-state index is 0.113. The number of rotatable bonds is 6. The average Bonchev–Trinajstić information content (AvgIpc) is 3.01. The van der Waals surface area contributed by atoms with Crippen LogP contribution in [0.25, 0.3) is 0 Å². The number of hydrogen-bond donors (Lipinski definition) is 0. The van der Waals surface area contributed by atoms with Crippen molar-refractivity contribution < 1.29 is 28.6 Å². The first-order valence-corrected chi connectivity index (χ1v) is 9.86. The molecule has 9 heteroatoms. The Kier molecular flexibility index (Phi) is 6.55. The molecule has 1 aromatic rings. The number of benzene rings is 1. The van der Waals surface area contributed by atoms with E-state index < -0.39 is 11.5 Å². The van der Waals surface area contributed by atoms with Crippen molar-refractivity contribution >= 4 is 23.5 Å². The van der Waals surface area contributed by atoms with Crippen LogP contribution in [0.2, 0.25) is 5.02 Å². The van der Waals surface area contributed by atoms with Gasteiger partial charge in [-0.2, -0.15) is 0 Å². The Hall–Kier alpha value is -2.03. The van der Waals surface area contributed by atoms with Crippen molar-refractivity contribution in [2.45, 2.75) is 31.3 Å². The van der Waals surface area contributed by atoms with Gasteiger partial charge >= 0.3 is 5.97 Å². The Morgan fingerprint density at radius 2 is 1.86 bits per heavy atom. The van der Waals surface area contributed by atoms with Crippen LogP contribution in [0.5, 0.6) is 11.5 Å². The zero-order valence-electron chi connectivity index (χ0n) is 17.2. The average molecular weight is 427 g/mol. The number of carbonyl (C=O) groups excluding carboxylic acids is 2. The highest BCUT2D eigenvalue weighted by Crippen LogP contribution is 2.45. The molecule has 2 heterocycles. The van der Waals surface area contributed by atoms with E-state index in [0.717, 1.165) is 5.56 Å². The number of ether oxygens (including phenoxy) is 3. The summed E-state index contributed by atoms with van der Waals surface area (Å²) in [6, 6.07) is 3.76. The van der Waals surface area contributed by atoms with Gasteiger partial charge in [0, 0.05) is 26.1 Å². The first kappa shape index (κ1) is 21.7. The molecular formula is C20H27ClN2O6. The molecule has 1 aromatic carbocycles. The molecule has 0 N–H and O–H groups in total. The van der Waals surface area contributed by atoms with Crippen molar-refractivity contribution in [1.82, 2.24) is 9.96 Å². The van der Waals surface area contributed by atoms with E-state index in [1.165, 1.54) is 19.3 Å². The number of carbonyl (C=O) groups is 2. The first-order valence-electron chi connectivity index (χ1n) is 9.48. The van der Waals surface area contributed by atoms with Gasteiger partial charge < -0.3 is 14.2 Å². The number of methoxy groups -OCH3 is 3. The fourth-order valence-electron chi connectivity index (χ4n) is 4.51. The van der Waals surface area contributed by atoms with Crippen LogP contribution in [-0.4, -0.2) is 68.9 Å². The first-order chi connectivity index (χ1) is 13.9. The van der Waals surface area contributed by atoms with Crippen molar-refractivity contribution in [3.8, 4) is 11.5 Å². The molecule has 8 nitrogen and oxygen atoms in total. The van der Waals surface area contributed by atoms with Gasteiger partial charge in [0.2, 0.25) is 5.91 Å². The third-order valence-electron chi connectivity index (χ3n) is 6.01. The second kappa shape index (κ2) is 8.77. The predicted molar refractivity (Wildman–Crippen MR) is 106 cm³/mol. The van der Waals surface area contributed by atoms with Crippen LogP contribution >= 0.6 is 11.6 Å². The summed E-state index contributed by atoms with van der Waals surface area (Å²) in [5.74, 6) is 0.0261. The molecule has 1 amide bonds. The maximum atomic E-state index is 12.4. The molecule has 1 atom stereocenters. The van der Waals surface area contributed by atoms with Gasteiger partial charge in [0.25, 0.3) is 0 Å².